The van der Waals surface area contributed by atoms with Gasteiger partial charge in [0.15, 0.2) is 5.96 Å². The van der Waals surface area contributed by atoms with Crippen LogP contribution in [0.15, 0.2) is 35.3 Å². The first-order valence-corrected chi connectivity index (χ1v) is 10.2. The van der Waals surface area contributed by atoms with Crippen LogP contribution in [0.3, 0.4) is 0 Å². The number of nitrogens with zero attached hydrogens (tertiary/aromatic N) is 2. The van der Waals surface area contributed by atoms with Gasteiger partial charge in [0, 0.05) is 39.0 Å². The number of guanidine groups is 1. The van der Waals surface area contributed by atoms with Crippen molar-refractivity contribution in [2.75, 3.05) is 26.7 Å². The first-order chi connectivity index (χ1) is 13.2. The predicted molar refractivity (Wildman–Crippen MR) is 123 cm³/mol. The third-order valence-electron chi connectivity index (χ3n) is 5.38. The van der Waals surface area contributed by atoms with Gasteiger partial charge in [0.2, 0.25) is 5.91 Å². The summed E-state index contributed by atoms with van der Waals surface area (Å²) in [6.07, 6.45) is 8.08. The van der Waals surface area contributed by atoms with Crippen LogP contribution < -0.4 is 15.4 Å². The number of benzene rings is 1. The van der Waals surface area contributed by atoms with Crippen molar-refractivity contribution in [1.82, 2.24) is 15.5 Å². The zero-order valence-corrected chi connectivity index (χ0v) is 19.1. The average molecular weight is 500 g/mol. The Labute approximate surface area is 185 Å². The molecule has 28 heavy (non-hydrogen) atoms. The van der Waals surface area contributed by atoms with Crippen LogP contribution >= 0.6 is 24.0 Å². The summed E-state index contributed by atoms with van der Waals surface area (Å²) >= 11 is 0. The maximum atomic E-state index is 12.2. The van der Waals surface area contributed by atoms with E-state index in [0.29, 0.717) is 6.04 Å². The van der Waals surface area contributed by atoms with E-state index >= 15 is 0 Å². The molecule has 1 aromatic rings. The summed E-state index contributed by atoms with van der Waals surface area (Å²) in [6.45, 7) is 2.03. The number of hydrogen-bond acceptors (Lipinski definition) is 3. The number of ether oxygens (including phenoxy) is 1. The summed E-state index contributed by atoms with van der Waals surface area (Å²) in [6, 6.07) is 10.3. The molecule has 0 aromatic heterocycles. The normalized spacial score (nSPS) is 18.9. The number of carbonyl (C=O) groups excluding carboxylic acids is 1. The number of halogens is 1. The summed E-state index contributed by atoms with van der Waals surface area (Å²) in [5, 5.41) is 6.36. The lowest BCUT2D eigenvalue weighted by Crippen LogP contribution is -2.50. The number of nitrogens with one attached hydrogen (secondary N) is 2. The number of para-hydroxylation sites is 1. The van der Waals surface area contributed by atoms with E-state index in [-0.39, 0.29) is 42.5 Å². The van der Waals surface area contributed by atoms with E-state index in [1.807, 2.05) is 30.3 Å². The number of likely N-dealkylation sites (tertiary alicyclic amines) is 1. The molecule has 1 aliphatic carbocycles. The Balaban J connectivity index is 0.00000280. The molecule has 1 saturated carbocycles. The molecule has 1 saturated heterocycles. The van der Waals surface area contributed by atoms with Gasteiger partial charge in [-0.3, -0.25) is 9.79 Å². The number of hydrogen-bond donors (Lipinski definition) is 2. The molecule has 1 aromatic carbocycles. The van der Waals surface area contributed by atoms with Crippen molar-refractivity contribution >= 4 is 35.8 Å². The first kappa shape index (κ1) is 22.8. The molecule has 156 valence electrons. The fourth-order valence-corrected chi connectivity index (χ4v) is 3.89. The molecular formula is C21H33IN4O2. The van der Waals surface area contributed by atoms with Crippen molar-refractivity contribution in [1.29, 1.82) is 0 Å². The third kappa shape index (κ3) is 7.14. The van der Waals surface area contributed by atoms with E-state index in [1.54, 1.807) is 7.05 Å². The predicted octanol–water partition coefficient (Wildman–Crippen LogP) is 3.17. The number of amides is 1. The summed E-state index contributed by atoms with van der Waals surface area (Å²) < 4.78 is 6.05. The van der Waals surface area contributed by atoms with Crippen LogP contribution in [0, 0.1) is 0 Å². The molecule has 0 unspecified atom stereocenters. The third-order valence-corrected chi connectivity index (χ3v) is 5.38. The standard InChI is InChI=1S/C21H32N4O2.HI/c1-22-21(23-16-20(26)24-17-8-4-2-5-9-17)25-14-12-19(13-15-25)27-18-10-6-3-7-11-18;/h3,6-7,10-11,17,19H,2,4-5,8-9,12-16H2,1H3,(H,22,23)(H,24,26);1H. The molecule has 1 aliphatic heterocycles. The van der Waals surface area contributed by atoms with E-state index in [2.05, 4.69) is 20.5 Å². The van der Waals surface area contributed by atoms with Crippen molar-refractivity contribution < 1.29 is 9.53 Å². The molecule has 7 heteroatoms. The highest BCUT2D eigenvalue weighted by molar-refractivity contribution is 14.0. The van der Waals surface area contributed by atoms with Crippen molar-refractivity contribution in [2.45, 2.75) is 57.1 Å². The topological polar surface area (TPSA) is 66.0 Å². The number of piperidine rings is 1. The molecule has 1 amide bonds. The second-order valence-electron chi connectivity index (χ2n) is 7.42. The highest BCUT2D eigenvalue weighted by atomic mass is 127. The molecule has 0 radical (unpaired) electrons. The second-order valence-corrected chi connectivity index (χ2v) is 7.42. The Morgan fingerprint density at radius 3 is 2.43 bits per heavy atom. The van der Waals surface area contributed by atoms with Crippen molar-refractivity contribution in [3.05, 3.63) is 30.3 Å². The van der Waals surface area contributed by atoms with Crippen LogP contribution in [-0.4, -0.2) is 55.6 Å². The van der Waals surface area contributed by atoms with E-state index in [4.69, 9.17) is 4.74 Å². The van der Waals surface area contributed by atoms with Gasteiger partial charge in [-0.15, -0.1) is 24.0 Å². The molecule has 2 N–H and O–H groups in total. The lowest BCUT2D eigenvalue weighted by Gasteiger charge is -2.34. The van der Waals surface area contributed by atoms with Gasteiger partial charge in [0.25, 0.3) is 0 Å². The molecular weight excluding hydrogens is 467 g/mol. The SMILES string of the molecule is CN=C(NCC(=O)NC1CCCCC1)N1CCC(Oc2ccccc2)CC1.I. The van der Waals surface area contributed by atoms with Crippen LogP contribution in [0.2, 0.25) is 0 Å². The minimum atomic E-state index is 0. The van der Waals surface area contributed by atoms with Gasteiger partial charge >= 0.3 is 0 Å². The van der Waals surface area contributed by atoms with Gasteiger partial charge in [0.1, 0.15) is 11.9 Å². The number of rotatable bonds is 5. The Bertz CT molecular complexity index is 612. The van der Waals surface area contributed by atoms with Crippen molar-refractivity contribution in [3.63, 3.8) is 0 Å². The quantitative estimate of drug-likeness (QED) is 0.371. The van der Waals surface area contributed by atoms with E-state index in [0.717, 1.165) is 50.5 Å². The Hall–Kier alpha value is -1.51. The van der Waals surface area contributed by atoms with Gasteiger partial charge in [-0.2, -0.15) is 0 Å². The monoisotopic (exact) mass is 500 g/mol. The summed E-state index contributed by atoms with van der Waals surface area (Å²) in [4.78, 5) is 18.8. The van der Waals surface area contributed by atoms with Crippen LogP contribution in [0.5, 0.6) is 5.75 Å². The highest BCUT2D eigenvalue weighted by Crippen LogP contribution is 2.19. The lowest BCUT2D eigenvalue weighted by atomic mass is 9.95. The Kier molecular flexibility index (Phi) is 9.87. The molecule has 3 rings (SSSR count). The maximum absolute atomic E-state index is 12.2. The zero-order chi connectivity index (χ0) is 18.9. The Morgan fingerprint density at radius 2 is 1.79 bits per heavy atom. The maximum Gasteiger partial charge on any atom is 0.239 e. The molecule has 1 heterocycles. The number of aliphatic imine (C=N–C) groups is 1. The van der Waals surface area contributed by atoms with Gasteiger partial charge in [-0.05, 0) is 25.0 Å². The van der Waals surface area contributed by atoms with E-state index in [1.165, 1.54) is 19.3 Å². The van der Waals surface area contributed by atoms with Crippen molar-refractivity contribution in [2.24, 2.45) is 4.99 Å². The molecule has 0 spiro atoms. The van der Waals surface area contributed by atoms with Gasteiger partial charge in [-0.25, -0.2) is 0 Å². The van der Waals surface area contributed by atoms with Crippen LogP contribution in [0.1, 0.15) is 44.9 Å². The van der Waals surface area contributed by atoms with Crippen LogP contribution in [0.4, 0.5) is 0 Å². The summed E-state index contributed by atoms with van der Waals surface area (Å²) in [7, 11) is 1.77. The highest BCUT2D eigenvalue weighted by Gasteiger charge is 2.23. The minimum Gasteiger partial charge on any atom is -0.490 e. The van der Waals surface area contributed by atoms with Crippen molar-refractivity contribution in [3.8, 4) is 5.75 Å². The zero-order valence-electron chi connectivity index (χ0n) is 16.7. The summed E-state index contributed by atoms with van der Waals surface area (Å²) in [5.41, 5.74) is 0. The fourth-order valence-electron chi connectivity index (χ4n) is 3.89. The van der Waals surface area contributed by atoms with Crippen LogP contribution in [-0.2, 0) is 4.79 Å². The van der Waals surface area contributed by atoms with E-state index < -0.39 is 0 Å². The molecule has 0 atom stereocenters. The van der Waals surface area contributed by atoms with Gasteiger partial charge in [0.05, 0.1) is 6.54 Å². The molecule has 2 fully saturated rings. The smallest absolute Gasteiger partial charge is 0.239 e. The molecule has 2 aliphatic rings. The van der Waals surface area contributed by atoms with Crippen LogP contribution in [0.25, 0.3) is 0 Å². The lowest BCUT2D eigenvalue weighted by molar-refractivity contribution is -0.120. The largest absolute Gasteiger partial charge is 0.490 e. The van der Waals surface area contributed by atoms with Gasteiger partial charge in [-0.1, -0.05) is 37.5 Å². The first-order valence-electron chi connectivity index (χ1n) is 10.2. The second kappa shape index (κ2) is 12.1. The van der Waals surface area contributed by atoms with E-state index in [9.17, 15) is 4.79 Å². The Morgan fingerprint density at radius 1 is 1.11 bits per heavy atom. The minimum absolute atomic E-state index is 0. The summed E-state index contributed by atoms with van der Waals surface area (Å²) in [5.74, 6) is 1.79. The molecule has 0 bridgehead atoms. The average Bonchev–Trinajstić information content (AvgIpc) is 2.71. The molecule has 6 nitrogen and oxygen atoms in total. The number of carbonyl (C=O) groups is 1. The van der Waals surface area contributed by atoms with Gasteiger partial charge < -0.3 is 20.3 Å². The fraction of sp³-hybridized carbons (Fsp3) is 0.619.